The second kappa shape index (κ2) is 4.02. The van der Waals surface area contributed by atoms with Gasteiger partial charge in [0.15, 0.2) is 5.78 Å². The molecule has 0 spiro atoms. The fraction of sp³-hybridized carbons (Fsp3) is 0.375. The lowest BCUT2D eigenvalue weighted by molar-refractivity contribution is 0.0992. The molecule has 0 saturated carbocycles. The normalized spacial score (nSPS) is 10.0. The van der Waals surface area contributed by atoms with E-state index in [4.69, 9.17) is 0 Å². The Morgan fingerprint density at radius 2 is 2.36 bits per heavy atom. The third-order valence-electron chi connectivity index (χ3n) is 1.39. The van der Waals surface area contributed by atoms with Gasteiger partial charge in [0.05, 0.1) is 4.88 Å². The van der Waals surface area contributed by atoms with E-state index < -0.39 is 0 Å². The van der Waals surface area contributed by atoms with Gasteiger partial charge in [-0.25, -0.2) is 0 Å². The largest absolute Gasteiger partial charge is 0.293 e. The zero-order valence-electron chi connectivity index (χ0n) is 6.26. The molecule has 1 aromatic rings. The highest BCUT2D eigenvalue weighted by Crippen LogP contribution is 2.19. The van der Waals surface area contributed by atoms with Crippen molar-refractivity contribution in [1.29, 1.82) is 0 Å². The monoisotopic (exact) mass is 232 g/mol. The first-order valence-corrected chi connectivity index (χ1v) is 5.39. The van der Waals surface area contributed by atoms with Crippen molar-refractivity contribution in [2.24, 2.45) is 0 Å². The van der Waals surface area contributed by atoms with E-state index in [1.165, 1.54) is 4.88 Å². The van der Waals surface area contributed by atoms with Gasteiger partial charge in [-0.15, -0.1) is 11.3 Å². The van der Waals surface area contributed by atoms with E-state index in [-0.39, 0.29) is 5.78 Å². The number of alkyl halides is 1. The van der Waals surface area contributed by atoms with Crippen molar-refractivity contribution in [2.75, 3.05) is 0 Å². The van der Waals surface area contributed by atoms with Crippen LogP contribution in [-0.2, 0) is 5.33 Å². The molecule has 0 aliphatic rings. The average Bonchev–Trinajstić information content (AvgIpc) is 2.50. The lowest BCUT2D eigenvalue weighted by Crippen LogP contribution is -1.90. The minimum absolute atomic E-state index is 0.238. The standard InChI is InChI=1S/C8H9BrOS/c1-2-7(10)8-4-3-6(5-9)11-8/h3-4H,2,5H2,1H3. The smallest absolute Gasteiger partial charge is 0.172 e. The van der Waals surface area contributed by atoms with Crippen molar-refractivity contribution in [3.63, 3.8) is 0 Å². The van der Waals surface area contributed by atoms with E-state index in [9.17, 15) is 4.79 Å². The molecule has 0 radical (unpaired) electrons. The predicted octanol–water partition coefficient (Wildman–Crippen LogP) is 3.24. The van der Waals surface area contributed by atoms with Gasteiger partial charge in [-0.3, -0.25) is 4.79 Å². The molecule has 0 atom stereocenters. The van der Waals surface area contributed by atoms with Crippen LogP contribution in [0, 0.1) is 0 Å². The highest BCUT2D eigenvalue weighted by molar-refractivity contribution is 9.08. The summed E-state index contributed by atoms with van der Waals surface area (Å²) in [7, 11) is 0. The summed E-state index contributed by atoms with van der Waals surface area (Å²) >= 11 is 4.91. The van der Waals surface area contributed by atoms with Crippen molar-refractivity contribution in [2.45, 2.75) is 18.7 Å². The van der Waals surface area contributed by atoms with E-state index in [2.05, 4.69) is 15.9 Å². The quantitative estimate of drug-likeness (QED) is 0.578. The van der Waals surface area contributed by atoms with Gasteiger partial charge in [0.2, 0.25) is 0 Å². The molecule has 1 aromatic heterocycles. The molecule has 60 valence electrons. The first kappa shape index (κ1) is 8.94. The third kappa shape index (κ3) is 2.14. The summed E-state index contributed by atoms with van der Waals surface area (Å²) in [4.78, 5) is 13.2. The van der Waals surface area contributed by atoms with Crippen LogP contribution in [0.5, 0.6) is 0 Å². The van der Waals surface area contributed by atoms with Crippen molar-refractivity contribution >= 4 is 33.0 Å². The Labute approximate surface area is 78.6 Å². The molecule has 0 aliphatic heterocycles. The highest BCUT2D eigenvalue weighted by atomic mass is 79.9. The Morgan fingerprint density at radius 1 is 1.64 bits per heavy atom. The lowest BCUT2D eigenvalue weighted by Gasteiger charge is -1.88. The molecule has 1 heterocycles. The first-order valence-electron chi connectivity index (χ1n) is 3.45. The summed E-state index contributed by atoms with van der Waals surface area (Å²) in [5.41, 5.74) is 0. The van der Waals surface area contributed by atoms with E-state index in [0.717, 1.165) is 10.2 Å². The second-order valence-corrected chi connectivity index (χ2v) is 3.91. The van der Waals surface area contributed by atoms with Gasteiger partial charge in [0.25, 0.3) is 0 Å². The number of Topliss-reactive ketones (excluding diaryl/α,β-unsaturated/α-hetero) is 1. The number of rotatable bonds is 3. The number of thiophene rings is 1. The molecule has 0 fully saturated rings. The molecule has 0 bridgehead atoms. The van der Waals surface area contributed by atoms with Crippen LogP contribution in [0.1, 0.15) is 27.9 Å². The fourth-order valence-electron chi connectivity index (χ4n) is 0.774. The molecule has 1 nitrogen and oxygen atoms in total. The Kier molecular flexibility index (Phi) is 3.27. The Balaban J connectivity index is 2.80. The van der Waals surface area contributed by atoms with Crippen molar-refractivity contribution < 1.29 is 4.79 Å². The molecule has 0 amide bonds. The van der Waals surface area contributed by atoms with Crippen LogP contribution < -0.4 is 0 Å². The average molecular weight is 233 g/mol. The Morgan fingerprint density at radius 3 is 2.82 bits per heavy atom. The fourth-order valence-corrected chi connectivity index (χ4v) is 2.17. The Hall–Kier alpha value is -0.150. The number of hydrogen-bond acceptors (Lipinski definition) is 2. The zero-order chi connectivity index (χ0) is 8.27. The van der Waals surface area contributed by atoms with Gasteiger partial charge in [-0.2, -0.15) is 0 Å². The number of carbonyl (C=O) groups is 1. The van der Waals surface area contributed by atoms with Crippen LogP contribution >= 0.6 is 27.3 Å². The van der Waals surface area contributed by atoms with Gasteiger partial charge in [-0.1, -0.05) is 22.9 Å². The molecule has 0 saturated heterocycles. The molecular formula is C8H9BrOS. The topological polar surface area (TPSA) is 17.1 Å². The van der Waals surface area contributed by atoms with Crippen LogP contribution in [0.3, 0.4) is 0 Å². The third-order valence-corrected chi connectivity index (χ3v) is 3.49. The number of hydrogen-bond donors (Lipinski definition) is 0. The number of halogens is 1. The zero-order valence-corrected chi connectivity index (χ0v) is 8.67. The molecule has 0 aromatic carbocycles. The van der Waals surface area contributed by atoms with Gasteiger partial charge in [-0.05, 0) is 12.1 Å². The summed E-state index contributed by atoms with van der Waals surface area (Å²) in [5.74, 6) is 0.238. The molecular weight excluding hydrogens is 224 g/mol. The SMILES string of the molecule is CCC(=O)c1ccc(CBr)s1. The van der Waals surface area contributed by atoms with E-state index in [1.54, 1.807) is 11.3 Å². The van der Waals surface area contributed by atoms with Crippen LogP contribution in [0.15, 0.2) is 12.1 Å². The number of carbonyl (C=O) groups excluding carboxylic acids is 1. The maximum Gasteiger partial charge on any atom is 0.172 e. The van der Waals surface area contributed by atoms with Crippen LogP contribution in [0.25, 0.3) is 0 Å². The minimum Gasteiger partial charge on any atom is -0.293 e. The van der Waals surface area contributed by atoms with Crippen LogP contribution in [0.2, 0.25) is 0 Å². The Bertz CT molecular complexity index is 254. The van der Waals surface area contributed by atoms with Crippen LogP contribution in [0.4, 0.5) is 0 Å². The summed E-state index contributed by atoms with van der Waals surface area (Å²) in [6.07, 6.45) is 0.599. The maximum atomic E-state index is 11.1. The lowest BCUT2D eigenvalue weighted by atomic mass is 10.3. The number of ketones is 1. The van der Waals surface area contributed by atoms with E-state index in [0.29, 0.717) is 6.42 Å². The molecule has 11 heavy (non-hydrogen) atoms. The maximum absolute atomic E-state index is 11.1. The summed E-state index contributed by atoms with van der Waals surface area (Å²) in [6.45, 7) is 1.88. The van der Waals surface area contributed by atoms with E-state index >= 15 is 0 Å². The molecule has 0 unspecified atom stereocenters. The van der Waals surface area contributed by atoms with Crippen molar-refractivity contribution in [3.05, 3.63) is 21.9 Å². The minimum atomic E-state index is 0.238. The summed E-state index contributed by atoms with van der Waals surface area (Å²) < 4.78 is 0. The molecule has 1 rings (SSSR count). The van der Waals surface area contributed by atoms with Gasteiger partial charge < -0.3 is 0 Å². The van der Waals surface area contributed by atoms with Crippen molar-refractivity contribution in [3.8, 4) is 0 Å². The summed E-state index contributed by atoms with van der Waals surface area (Å²) in [5, 5.41) is 0.842. The first-order chi connectivity index (χ1) is 5.27. The van der Waals surface area contributed by atoms with Gasteiger partial charge in [0.1, 0.15) is 0 Å². The van der Waals surface area contributed by atoms with Gasteiger partial charge >= 0.3 is 0 Å². The highest BCUT2D eigenvalue weighted by Gasteiger charge is 2.05. The second-order valence-electron chi connectivity index (χ2n) is 2.18. The van der Waals surface area contributed by atoms with E-state index in [1.807, 2.05) is 19.1 Å². The molecule has 0 N–H and O–H groups in total. The van der Waals surface area contributed by atoms with Gasteiger partial charge in [0, 0.05) is 16.6 Å². The van der Waals surface area contributed by atoms with Crippen LogP contribution in [-0.4, -0.2) is 5.78 Å². The predicted molar refractivity (Wildman–Crippen MR) is 51.6 cm³/mol. The molecule has 3 heteroatoms. The molecule has 0 aliphatic carbocycles. The van der Waals surface area contributed by atoms with Crippen molar-refractivity contribution in [1.82, 2.24) is 0 Å². The summed E-state index contributed by atoms with van der Waals surface area (Å²) in [6, 6.07) is 3.88.